The molecule has 1 aliphatic carbocycles. The van der Waals surface area contributed by atoms with Crippen LogP contribution in [0.25, 0.3) is 11.2 Å². The van der Waals surface area contributed by atoms with E-state index in [-0.39, 0.29) is 34.6 Å². The molecule has 0 radical (unpaired) electrons. The smallest absolute Gasteiger partial charge is 0.414 e. The monoisotopic (exact) mass is 509 g/mol. The quantitative estimate of drug-likeness (QED) is 0.340. The van der Waals surface area contributed by atoms with E-state index in [1.54, 1.807) is 27.1 Å². The third kappa shape index (κ3) is 5.79. The highest BCUT2D eigenvalue weighted by Crippen LogP contribution is 2.46. The lowest BCUT2D eigenvalue weighted by molar-refractivity contribution is -0.00175. The van der Waals surface area contributed by atoms with Crippen LogP contribution in [0.4, 0.5) is 10.7 Å². The minimum Gasteiger partial charge on any atom is -0.444 e. The van der Waals surface area contributed by atoms with Gasteiger partial charge in [-0.15, -0.1) is 0 Å². The standard InChI is InChI=1S/C23H36ClN5O4Si/c1-12-13(10-14(30)15(12)17(22(2,3)4)33-34(8)9)29-11-25-16-18(24)26-20(27-19(16)29)28-21(31)32-23(5,6)7/h11,13-15,17,30,34H,1,10H2,2-9H3,(H,26,27,28,31)/t13-,14-,15+,17?/m0/s1. The lowest BCUT2D eigenvalue weighted by Crippen LogP contribution is -2.43. The van der Waals surface area contributed by atoms with Crippen molar-refractivity contribution in [2.75, 3.05) is 5.32 Å². The van der Waals surface area contributed by atoms with Crippen LogP contribution in [0.5, 0.6) is 0 Å². The van der Waals surface area contributed by atoms with Gasteiger partial charge in [-0.3, -0.25) is 5.32 Å². The number of ether oxygens (including phenoxy) is 1. The van der Waals surface area contributed by atoms with E-state index in [1.807, 2.05) is 4.57 Å². The Bertz CT molecular complexity index is 1080. The van der Waals surface area contributed by atoms with Gasteiger partial charge in [0.2, 0.25) is 5.95 Å². The molecule has 2 aromatic heterocycles. The number of amides is 1. The molecule has 2 N–H and O–H groups in total. The van der Waals surface area contributed by atoms with Crippen LogP contribution in [0.15, 0.2) is 18.5 Å². The molecule has 1 saturated carbocycles. The summed E-state index contributed by atoms with van der Waals surface area (Å²) in [7, 11) is -1.37. The second-order valence-electron chi connectivity index (χ2n) is 11.2. The largest absolute Gasteiger partial charge is 0.444 e. The minimum absolute atomic E-state index is 0.0101. The number of fused-ring (bicyclic) bond motifs is 1. The van der Waals surface area contributed by atoms with Crippen LogP contribution in [0.3, 0.4) is 0 Å². The maximum absolute atomic E-state index is 12.2. The predicted octanol–water partition coefficient (Wildman–Crippen LogP) is 4.72. The first-order valence-electron chi connectivity index (χ1n) is 11.5. The normalized spacial score (nSPS) is 22.4. The number of aromatic nitrogens is 4. The molecule has 188 valence electrons. The van der Waals surface area contributed by atoms with Gasteiger partial charge in [0, 0.05) is 5.92 Å². The number of hydrogen-bond acceptors (Lipinski definition) is 7. The molecule has 0 saturated heterocycles. The van der Waals surface area contributed by atoms with Gasteiger partial charge in [-0.25, -0.2) is 9.78 Å². The molecule has 34 heavy (non-hydrogen) atoms. The first-order valence-corrected chi connectivity index (χ1v) is 14.7. The van der Waals surface area contributed by atoms with Gasteiger partial charge >= 0.3 is 6.09 Å². The highest BCUT2D eigenvalue weighted by molar-refractivity contribution is 6.48. The lowest BCUT2D eigenvalue weighted by Gasteiger charge is -2.39. The van der Waals surface area contributed by atoms with Crippen molar-refractivity contribution in [2.45, 2.75) is 84.9 Å². The van der Waals surface area contributed by atoms with Gasteiger partial charge in [-0.1, -0.05) is 39.0 Å². The van der Waals surface area contributed by atoms with Crippen LogP contribution in [0.1, 0.15) is 54.0 Å². The minimum atomic E-state index is -1.37. The molecule has 2 aromatic rings. The molecule has 1 unspecified atom stereocenters. The Morgan fingerprint density at radius 1 is 1.29 bits per heavy atom. The van der Waals surface area contributed by atoms with Gasteiger partial charge in [0.1, 0.15) is 11.1 Å². The van der Waals surface area contributed by atoms with Crippen LogP contribution >= 0.6 is 11.6 Å². The van der Waals surface area contributed by atoms with Gasteiger partial charge in [-0.05, 0) is 51.3 Å². The first-order chi connectivity index (χ1) is 15.6. The van der Waals surface area contributed by atoms with Crippen LogP contribution in [-0.4, -0.2) is 57.6 Å². The zero-order valence-electron chi connectivity index (χ0n) is 21.2. The second-order valence-corrected chi connectivity index (χ2v) is 13.9. The Hall–Kier alpha value is -2.01. The van der Waals surface area contributed by atoms with E-state index in [0.717, 1.165) is 5.57 Å². The van der Waals surface area contributed by atoms with Crippen molar-refractivity contribution in [1.82, 2.24) is 19.5 Å². The van der Waals surface area contributed by atoms with Crippen molar-refractivity contribution in [3.8, 4) is 0 Å². The Kier molecular flexibility index (Phi) is 7.48. The van der Waals surface area contributed by atoms with E-state index >= 15 is 0 Å². The van der Waals surface area contributed by atoms with E-state index < -0.39 is 26.8 Å². The molecule has 9 nitrogen and oxygen atoms in total. The summed E-state index contributed by atoms with van der Waals surface area (Å²) in [5.74, 6) is -0.218. The van der Waals surface area contributed by atoms with Crippen molar-refractivity contribution >= 4 is 43.8 Å². The van der Waals surface area contributed by atoms with E-state index in [4.69, 9.17) is 20.8 Å². The van der Waals surface area contributed by atoms with Gasteiger partial charge in [0.15, 0.2) is 19.8 Å². The average Bonchev–Trinajstić information content (AvgIpc) is 3.18. The Labute approximate surface area is 207 Å². The maximum Gasteiger partial charge on any atom is 0.414 e. The number of aliphatic hydroxyl groups excluding tert-OH is 1. The molecule has 1 aliphatic rings. The van der Waals surface area contributed by atoms with E-state index in [1.165, 1.54) is 0 Å². The fourth-order valence-electron chi connectivity index (χ4n) is 4.37. The molecule has 3 rings (SSSR count). The molecule has 11 heteroatoms. The molecule has 1 amide bonds. The summed E-state index contributed by atoms with van der Waals surface area (Å²) in [5.41, 5.74) is 0.861. The number of hydrogen-bond donors (Lipinski definition) is 2. The molecular formula is C23H36ClN5O4Si. The average molecular weight is 510 g/mol. The van der Waals surface area contributed by atoms with Gasteiger partial charge in [0.25, 0.3) is 0 Å². The van der Waals surface area contributed by atoms with E-state index in [9.17, 15) is 9.90 Å². The van der Waals surface area contributed by atoms with Gasteiger partial charge in [0.05, 0.1) is 24.6 Å². The summed E-state index contributed by atoms with van der Waals surface area (Å²) < 4.78 is 13.5. The van der Waals surface area contributed by atoms with Gasteiger partial charge < -0.3 is 18.8 Å². The van der Waals surface area contributed by atoms with Crippen molar-refractivity contribution in [3.05, 3.63) is 23.6 Å². The third-order valence-electron chi connectivity index (χ3n) is 5.66. The van der Waals surface area contributed by atoms with Crippen LogP contribution in [-0.2, 0) is 9.16 Å². The highest BCUT2D eigenvalue weighted by atomic mass is 35.5. The Morgan fingerprint density at radius 2 is 1.94 bits per heavy atom. The maximum atomic E-state index is 12.2. The number of anilines is 1. The number of imidazole rings is 1. The Morgan fingerprint density at radius 3 is 2.50 bits per heavy atom. The molecular weight excluding hydrogens is 474 g/mol. The number of nitrogens with one attached hydrogen (secondary N) is 1. The van der Waals surface area contributed by atoms with Crippen LogP contribution in [0, 0.1) is 11.3 Å². The molecule has 0 bridgehead atoms. The summed E-state index contributed by atoms with van der Waals surface area (Å²) in [6.45, 7) is 20.3. The van der Waals surface area contributed by atoms with Crippen molar-refractivity contribution in [2.24, 2.45) is 11.3 Å². The zero-order valence-corrected chi connectivity index (χ0v) is 23.1. The van der Waals surface area contributed by atoms with Crippen molar-refractivity contribution in [3.63, 3.8) is 0 Å². The van der Waals surface area contributed by atoms with E-state index in [2.05, 4.69) is 60.7 Å². The molecule has 0 aliphatic heterocycles. The second kappa shape index (κ2) is 9.56. The molecule has 0 aromatic carbocycles. The lowest BCUT2D eigenvalue weighted by atomic mass is 9.78. The van der Waals surface area contributed by atoms with Crippen LogP contribution < -0.4 is 5.32 Å². The van der Waals surface area contributed by atoms with Gasteiger partial charge in [-0.2, -0.15) is 9.97 Å². The molecule has 2 heterocycles. The highest BCUT2D eigenvalue weighted by Gasteiger charge is 2.47. The predicted molar refractivity (Wildman–Crippen MR) is 136 cm³/mol. The number of halogens is 1. The summed E-state index contributed by atoms with van der Waals surface area (Å²) in [5, 5.41) is 13.7. The van der Waals surface area contributed by atoms with Crippen LogP contribution in [0.2, 0.25) is 18.2 Å². The first kappa shape index (κ1) is 26.6. The number of nitrogens with zero attached hydrogens (tertiary/aromatic N) is 4. The molecule has 0 spiro atoms. The molecule has 1 fully saturated rings. The number of rotatable bonds is 5. The third-order valence-corrected chi connectivity index (χ3v) is 6.76. The van der Waals surface area contributed by atoms with E-state index in [0.29, 0.717) is 17.6 Å². The van der Waals surface area contributed by atoms with Crippen molar-refractivity contribution in [1.29, 1.82) is 0 Å². The summed E-state index contributed by atoms with van der Waals surface area (Å²) >= 11 is 6.35. The number of carbonyl (C=O) groups is 1. The zero-order chi connectivity index (χ0) is 25.6. The number of aliphatic hydroxyl groups is 1. The Balaban J connectivity index is 1.95. The SMILES string of the molecule is C=C1[C@@H](C(O[SiH](C)C)C(C)(C)C)[C@@H](O)C[C@@H]1n1cnc2c(Cl)nc(NC(=O)OC(C)(C)C)nc21. The fourth-order valence-corrected chi connectivity index (χ4v) is 5.74. The molecule has 4 atom stereocenters. The summed E-state index contributed by atoms with van der Waals surface area (Å²) in [6, 6.07) is -0.257. The summed E-state index contributed by atoms with van der Waals surface area (Å²) in [4.78, 5) is 25.2. The fraction of sp³-hybridized carbons (Fsp3) is 0.652. The topological polar surface area (TPSA) is 111 Å². The van der Waals surface area contributed by atoms with Crippen molar-refractivity contribution < 1.29 is 19.1 Å². The number of carbonyl (C=O) groups excluding carboxylic acids is 1. The summed E-state index contributed by atoms with van der Waals surface area (Å²) in [6.07, 6.45) is 0.601.